The molecule has 6 rings (SSSR count). The number of aromatic carboxylic acids is 1. The Morgan fingerprint density at radius 2 is 1.94 bits per heavy atom. The van der Waals surface area contributed by atoms with Crippen molar-refractivity contribution in [1.82, 2.24) is 19.7 Å². The van der Waals surface area contributed by atoms with Crippen LogP contribution in [0.5, 0.6) is 0 Å². The van der Waals surface area contributed by atoms with Crippen LogP contribution in [0.1, 0.15) is 34.7 Å². The molecule has 164 valence electrons. The molecule has 0 bridgehead atoms. The average Bonchev–Trinajstić information content (AvgIpc) is 3.49. The van der Waals surface area contributed by atoms with Gasteiger partial charge in [0.15, 0.2) is 0 Å². The molecule has 0 saturated heterocycles. The Morgan fingerprint density at radius 1 is 1.15 bits per heavy atom. The van der Waals surface area contributed by atoms with Gasteiger partial charge in [0, 0.05) is 31.4 Å². The number of benzene rings is 2. The van der Waals surface area contributed by atoms with Crippen molar-refractivity contribution in [1.29, 1.82) is 0 Å². The van der Waals surface area contributed by atoms with Crippen LogP contribution in [0.4, 0.5) is 11.4 Å². The molecular formula is C26H23N5O2. The number of aryl methyl sites for hydroxylation is 1. The van der Waals surface area contributed by atoms with E-state index < -0.39 is 5.97 Å². The largest absolute Gasteiger partial charge is 0.478 e. The van der Waals surface area contributed by atoms with Gasteiger partial charge in [0.1, 0.15) is 5.52 Å². The van der Waals surface area contributed by atoms with Crippen molar-refractivity contribution in [2.24, 2.45) is 7.05 Å². The molecule has 0 aliphatic heterocycles. The van der Waals surface area contributed by atoms with Gasteiger partial charge in [-0.05, 0) is 54.7 Å². The normalized spacial score (nSPS) is 13.6. The number of H-pyrrole nitrogens is 1. The summed E-state index contributed by atoms with van der Waals surface area (Å²) in [5.41, 5.74) is 7.42. The molecule has 3 heterocycles. The Hall–Kier alpha value is -4.13. The first-order valence-corrected chi connectivity index (χ1v) is 11.0. The Bertz CT molecular complexity index is 1530. The van der Waals surface area contributed by atoms with Crippen molar-refractivity contribution in [3.63, 3.8) is 0 Å². The summed E-state index contributed by atoms with van der Waals surface area (Å²) in [6, 6.07) is 18.3. The molecule has 0 atom stereocenters. The number of nitrogens with one attached hydrogen (secondary N) is 1. The molecular weight excluding hydrogens is 414 g/mol. The van der Waals surface area contributed by atoms with Crippen molar-refractivity contribution in [2.75, 3.05) is 11.9 Å². The first-order valence-electron chi connectivity index (χ1n) is 11.0. The fraction of sp³-hybridized carbons (Fsp3) is 0.192. The zero-order valence-corrected chi connectivity index (χ0v) is 18.4. The summed E-state index contributed by atoms with van der Waals surface area (Å²) in [7, 11) is 3.96. The highest BCUT2D eigenvalue weighted by Gasteiger charge is 2.24. The molecule has 0 amide bonds. The van der Waals surface area contributed by atoms with Crippen molar-refractivity contribution < 1.29 is 9.90 Å². The summed E-state index contributed by atoms with van der Waals surface area (Å²) in [6.07, 6.45) is 4.11. The molecule has 1 saturated carbocycles. The van der Waals surface area contributed by atoms with Gasteiger partial charge in [-0.15, -0.1) is 0 Å². The van der Waals surface area contributed by atoms with Crippen LogP contribution in [-0.4, -0.2) is 37.9 Å². The van der Waals surface area contributed by atoms with Crippen molar-refractivity contribution in [3.8, 4) is 11.4 Å². The quantitative estimate of drug-likeness (QED) is 0.381. The van der Waals surface area contributed by atoms with Gasteiger partial charge in [0.2, 0.25) is 0 Å². The minimum Gasteiger partial charge on any atom is -0.478 e. The maximum absolute atomic E-state index is 11.6. The van der Waals surface area contributed by atoms with Crippen molar-refractivity contribution in [2.45, 2.75) is 18.8 Å². The second kappa shape index (κ2) is 7.20. The summed E-state index contributed by atoms with van der Waals surface area (Å²) in [5.74, 6) is -0.249. The Morgan fingerprint density at radius 3 is 2.67 bits per heavy atom. The minimum atomic E-state index is -0.984. The number of carbonyl (C=O) groups is 1. The number of pyridine rings is 1. The standard InChI is InChI=1S/C26H23N5O2/c1-30(17-10-8-16(9-11-17)15-6-7-15)22-5-3-4-18-24(22)29-31(2)25(18)21-14-20-23(28-21)19(26(32)33)12-13-27-20/h3-5,8-15,28H,6-7H2,1-2H3,(H,32,33). The summed E-state index contributed by atoms with van der Waals surface area (Å²) < 4.78 is 1.84. The summed E-state index contributed by atoms with van der Waals surface area (Å²) in [4.78, 5) is 21.4. The Balaban J connectivity index is 1.46. The highest BCUT2D eigenvalue weighted by atomic mass is 16.4. The Kier molecular flexibility index (Phi) is 4.26. The van der Waals surface area contributed by atoms with Crippen LogP contribution in [0.15, 0.2) is 60.8 Å². The molecule has 3 aromatic heterocycles. The number of fused-ring (bicyclic) bond motifs is 2. The number of aromatic amines is 1. The average molecular weight is 438 g/mol. The first-order chi connectivity index (χ1) is 16.0. The van der Waals surface area contributed by atoms with E-state index in [0.29, 0.717) is 11.0 Å². The molecule has 2 N–H and O–H groups in total. The van der Waals surface area contributed by atoms with Crippen molar-refractivity contribution in [3.05, 3.63) is 71.9 Å². The third-order valence-electron chi connectivity index (χ3n) is 6.54. The summed E-state index contributed by atoms with van der Waals surface area (Å²) in [6.45, 7) is 0. The van der Waals surface area contributed by atoms with Gasteiger partial charge >= 0.3 is 5.97 Å². The molecule has 1 aliphatic carbocycles. The number of carboxylic acid groups (broad SMARTS) is 1. The van der Waals surface area contributed by atoms with Gasteiger partial charge < -0.3 is 15.0 Å². The van der Waals surface area contributed by atoms with E-state index in [1.165, 1.54) is 30.7 Å². The topological polar surface area (TPSA) is 87.0 Å². The second-order valence-electron chi connectivity index (χ2n) is 8.68. The lowest BCUT2D eigenvalue weighted by Crippen LogP contribution is -2.10. The van der Waals surface area contributed by atoms with E-state index in [4.69, 9.17) is 5.10 Å². The second-order valence-corrected chi connectivity index (χ2v) is 8.68. The van der Waals surface area contributed by atoms with E-state index in [1.807, 2.05) is 29.9 Å². The molecule has 0 radical (unpaired) electrons. The van der Waals surface area contributed by atoms with Crippen LogP contribution in [0.3, 0.4) is 0 Å². The van der Waals surface area contributed by atoms with Gasteiger partial charge in [-0.2, -0.15) is 5.10 Å². The highest BCUT2D eigenvalue weighted by Crippen LogP contribution is 2.41. The number of nitrogens with zero attached hydrogens (tertiary/aromatic N) is 4. The van der Waals surface area contributed by atoms with Crippen LogP contribution in [0, 0.1) is 0 Å². The third-order valence-corrected chi connectivity index (χ3v) is 6.54. The van der Waals surface area contributed by atoms with Crippen LogP contribution < -0.4 is 4.90 Å². The predicted molar refractivity (Wildman–Crippen MR) is 129 cm³/mol. The third kappa shape index (κ3) is 3.16. The number of aromatic nitrogens is 4. The molecule has 7 heteroatoms. The van der Waals surface area contributed by atoms with E-state index in [1.54, 1.807) is 0 Å². The Labute approximate surface area is 190 Å². The lowest BCUT2D eigenvalue weighted by atomic mass is 10.1. The summed E-state index contributed by atoms with van der Waals surface area (Å²) in [5, 5.41) is 15.4. The minimum absolute atomic E-state index is 0.202. The van der Waals surface area contributed by atoms with Gasteiger partial charge in [0.25, 0.3) is 0 Å². The molecule has 5 aromatic rings. The van der Waals surface area contributed by atoms with Gasteiger partial charge in [-0.1, -0.05) is 24.3 Å². The van der Waals surface area contributed by atoms with E-state index in [9.17, 15) is 9.90 Å². The van der Waals surface area contributed by atoms with Crippen LogP contribution in [0.25, 0.3) is 33.3 Å². The number of hydrogen-bond acceptors (Lipinski definition) is 4. The van der Waals surface area contributed by atoms with Gasteiger partial charge in [-0.3, -0.25) is 9.67 Å². The lowest BCUT2D eigenvalue weighted by Gasteiger charge is -2.20. The maximum atomic E-state index is 11.6. The molecule has 7 nitrogen and oxygen atoms in total. The van der Waals surface area contributed by atoms with E-state index in [0.717, 1.165) is 39.6 Å². The molecule has 1 fully saturated rings. The van der Waals surface area contributed by atoms with E-state index in [2.05, 4.69) is 52.2 Å². The molecule has 0 unspecified atom stereocenters. The lowest BCUT2D eigenvalue weighted by molar-refractivity contribution is 0.0698. The number of hydrogen-bond donors (Lipinski definition) is 2. The fourth-order valence-corrected chi connectivity index (χ4v) is 4.65. The van der Waals surface area contributed by atoms with Crippen LogP contribution in [-0.2, 0) is 7.05 Å². The molecule has 0 spiro atoms. The maximum Gasteiger partial charge on any atom is 0.337 e. The smallest absolute Gasteiger partial charge is 0.337 e. The van der Waals surface area contributed by atoms with Gasteiger partial charge in [0.05, 0.1) is 33.7 Å². The fourth-order valence-electron chi connectivity index (χ4n) is 4.65. The van der Waals surface area contributed by atoms with Crippen LogP contribution >= 0.6 is 0 Å². The van der Waals surface area contributed by atoms with Gasteiger partial charge in [-0.25, -0.2) is 4.79 Å². The van der Waals surface area contributed by atoms with E-state index >= 15 is 0 Å². The zero-order chi connectivity index (χ0) is 22.7. The molecule has 1 aliphatic rings. The first kappa shape index (κ1) is 19.5. The number of rotatable bonds is 5. The number of carboxylic acids is 1. The summed E-state index contributed by atoms with van der Waals surface area (Å²) >= 11 is 0. The van der Waals surface area contributed by atoms with Crippen molar-refractivity contribution >= 4 is 39.3 Å². The SMILES string of the molecule is CN(c1ccc(C2CC2)cc1)c1cccc2c(-c3cc4nccc(C(=O)O)c4[nH]3)n(C)nc12. The predicted octanol–water partition coefficient (Wildman–Crippen LogP) is 5.46. The highest BCUT2D eigenvalue weighted by molar-refractivity contribution is 6.05. The van der Waals surface area contributed by atoms with Crippen LogP contribution in [0.2, 0.25) is 0 Å². The zero-order valence-electron chi connectivity index (χ0n) is 18.4. The van der Waals surface area contributed by atoms with E-state index in [-0.39, 0.29) is 5.56 Å². The molecule has 33 heavy (non-hydrogen) atoms. The number of anilines is 2. The monoisotopic (exact) mass is 437 g/mol. The molecule has 2 aromatic carbocycles.